The Labute approximate surface area is 78.4 Å². The molecule has 5 nitrogen and oxygen atoms in total. The Morgan fingerprint density at radius 1 is 1.38 bits per heavy atom. The SMILES string of the molecule is CN(CC(=O)O)S(=O)(=O)C(C)(C)C. The molecular formula is C7H15NO4S. The first-order chi connectivity index (χ1) is 5.59. The fourth-order valence-electron chi connectivity index (χ4n) is 0.743. The summed E-state index contributed by atoms with van der Waals surface area (Å²) in [4.78, 5) is 10.3. The van der Waals surface area contributed by atoms with Crippen LogP contribution in [-0.4, -0.2) is 42.1 Å². The summed E-state index contributed by atoms with van der Waals surface area (Å²) < 4.78 is 23.0. The lowest BCUT2D eigenvalue weighted by molar-refractivity contribution is -0.137. The van der Waals surface area contributed by atoms with Crippen LogP contribution in [0.1, 0.15) is 20.8 Å². The van der Waals surface area contributed by atoms with Gasteiger partial charge in [0.05, 0.1) is 4.75 Å². The lowest BCUT2D eigenvalue weighted by Gasteiger charge is -2.25. The number of sulfonamides is 1. The van der Waals surface area contributed by atoms with Crippen LogP contribution < -0.4 is 0 Å². The first-order valence-corrected chi connectivity index (χ1v) is 5.20. The molecule has 0 aromatic carbocycles. The van der Waals surface area contributed by atoms with Crippen LogP contribution >= 0.6 is 0 Å². The van der Waals surface area contributed by atoms with Crippen LogP contribution in [0.15, 0.2) is 0 Å². The molecular weight excluding hydrogens is 194 g/mol. The maximum atomic E-state index is 11.6. The highest BCUT2D eigenvalue weighted by Gasteiger charge is 2.33. The first-order valence-electron chi connectivity index (χ1n) is 3.76. The van der Waals surface area contributed by atoms with E-state index in [0.717, 1.165) is 4.31 Å². The molecule has 78 valence electrons. The van der Waals surface area contributed by atoms with Gasteiger partial charge in [-0.15, -0.1) is 0 Å². The van der Waals surface area contributed by atoms with E-state index < -0.39 is 27.3 Å². The Bertz CT molecular complexity index is 288. The third-order valence-electron chi connectivity index (χ3n) is 1.54. The van der Waals surface area contributed by atoms with E-state index in [1.165, 1.54) is 27.8 Å². The summed E-state index contributed by atoms with van der Waals surface area (Å²) in [7, 11) is -2.26. The normalized spacial score (nSPS) is 13.3. The molecule has 0 aliphatic carbocycles. The molecule has 0 radical (unpaired) electrons. The average Bonchev–Trinajstić information content (AvgIpc) is 1.82. The van der Waals surface area contributed by atoms with E-state index in [1.54, 1.807) is 0 Å². The zero-order chi connectivity index (χ0) is 10.9. The molecule has 0 aromatic rings. The first kappa shape index (κ1) is 12.4. The molecule has 0 saturated carbocycles. The van der Waals surface area contributed by atoms with Crippen LogP contribution in [0.2, 0.25) is 0 Å². The van der Waals surface area contributed by atoms with Gasteiger partial charge in [0.25, 0.3) is 0 Å². The van der Waals surface area contributed by atoms with Crippen molar-refractivity contribution in [2.45, 2.75) is 25.5 Å². The molecule has 6 heteroatoms. The van der Waals surface area contributed by atoms with Gasteiger partial charge >= 0.3 is 5.97 Å². The summed E-state index contributed by atoms with van der Waals surface area (Å²) in [6, 6.07) is 0. The van der Waals surface area contributed by atoms with E-state index in [4.69, 9.17) is 5.11 Å². The van der Waals surface area contributed by atoms with Gasteiger partial charge < -0.3 is 5.11 Å². The van der Waals surface area contributed by atoms with Crippen molar-refractivity contribution in [1.29, 1.82) is 0 Å². The fraction of sp³-hybridized carbons (Fsp3) is 0.857. The van der Waals surface area contributed by atoms with Gasteiger partial charge in [0.1, 0.15) is 6.54 Å². The molecule has 0 atom stereocenters. The van der Waals surface area contributed by atoms with Crippen molar-refractivity contribution < 1.29 is 18.3 Å². The topological polar surface area (TPSA) is 74.7 Å². The highest BCUT2D eigenvalue weighted by atomic mass is 32.2. The minimum absolute atomic E-state index is 0.500. The minimum atomic E-state index is -3.52. The Hall–Kier alpha value is -0.620. The monoisotopic (exact) mass is 209 g/mol. The van der Waals surface area contributed by atoms with Crippen LogP contribution in [0.3, 0.4) is 0 Å². The second kappa shape index (κ2) is 3.63. The van der Waals surface area contributed by atoms with Crippen molar-refractivity contribution in [3.05, 3.63) is 0 Å². The third kappa shape index (κ3) is 2.96. The molecule has 13 heavy (non-hydrogen) atoms. The minimum Gasteiger partial charge on any atom is -0.480 e. The van der Waals surface area contributed by atoms with Crippen LogP contribution in [0.25, 0.3) is 0 Å². The molecule has 0 saturated heterocycles. The molecule has 0 spiro atoms. The summed E-state index contributed by atoms with van der Waals surface area (Å²) in [6.45, 7) is 4.08. The lowest BCUT2D eigenvalue weighted by Crippen LogP contribution is -2.42. The predicted molar refractivity (Wildman–Crippen MR) is 48.9 cm³/mol. The largest absolute Gasteiger partial charge is 0.480 e. The highest BCUT2D eigenvalue weighted by Crippen LogP contribution is 2.18. The Morgan fingerprint density at radius 3 is 2.00 bits per heavy atom. The molecule has 0 aliphatic heterocycles. The second-order valence-electron chi connectivity index (χ2n) is 3.77. The molecule has 0 fully saturated rings. The number of aliphatic carboxylic acids is 1. The van der Waals surface area contributed by atoms with Gasteiger partial charge in [0.2, 0.25) is 10.0 Å². The Kier molecular flexibility index (Phi) is 3.46. The molecule has 0 aromatic heterocycles. The smallest absolute Gasteiger partial charge is 0.318 e. The summed E-state index contributed by atoms with van der Waals surface area (Å²) in [6.07, 6.45) is 0. The van der Waals surface area contributed by atoms with Crippen molar-refractivity contribution in [2.24, 2.45) is 0 Å². The maximum absolute atomic E-state index is 11.6. The van der Waals surface area contributed by atoms with Gasteiger partial charge in [-0.05, 0) is 20.8 Å². The van der Waals surface area contributed by atoms with Crippen LogP contribution in [-0.2, 0) is 14.8 Å². The number of carboxylic acid groups (broad SMARTS) is 1. The Morgan fingerprint density at radius 2 is 1.77 bits per heavy atom. The highest BCUT2D eigenvalue weighted by molar-refractivity contribution is 7.90. The third-order valence-corrected chi connectivity index (χ3v) is 4.04. The molecule has 0 heterocycles. The molecule has 0 unspecified atom stereocenters. The molecule has 0 aliphatic rings. The quantitative estimate of drug-likeness (QED) is 0.717. The zero-order valence-electron chi connectivity index (χ0n) is 8.23. The maximum Gasteiger partial charge on any atom is 0.318 e. The number of hydrogen-bond acceptors (Lipinski definition) is 3. The van der Waals surface area contributed by atoms with E-state index in [1.807, 2.05) is 0 Å². The molecule has 0 rings (SSSR count). The van der Waals surface area contributed by atoms with Gasteiger partial charge in [-0.2, -0.15) is 4.31 Å². The Balaban J connectivity index is 4.77. The van der Waals surface area contributed by atoms with Crippen LogP contribution in [0.5, 0.6) is 0 Å². The zero-order valence-corrected chi connectivity index (χ0v) is 9.05. The fourth-order valence-corrected chi connectivity index (χ4v) is 1.96. The van der Waals surface area contributed by atoms with E-state index in [2.05, 4.69) is 0 Å². The van der Waals surface area contributed by atoms with Gasteiger partial charge in [-0.25, -0.2) is 8.42 Å². The van der Waals surface area contributed by atoms with E-state index in [9.17, 15) is 13.2 Å². The number of carbonyl (C=O) groups is 1. The summed E-state index contributed by atoms with van der Waals surface area (Å²) in [5.41, 5.74) is 0. The van der Waals surface area contributed by atoms with Crippen molar-refractivity contribution in [2.75, 3.05) is 13.6 Å². The van der Waals surface area contributed by atoms with Gasteiger partial charge in [0.15, 0.2) is 0 Å². The van der Waals surface area contributed by atoms with E-state index in [-0.39, 0.29) is 0 Å². The molecule has 1 N–H and O–H groups in total. The number of rotatable bonds is 3. The molecule has 0 amide bonds. The van der Waals surface area contributed by atoms with Crippen molar-refractivity contribution in [1.82, 2.24) is 4.31 Å². The van der Waals surface area contributed by atoms with Crippen LogP contribution in [0, 0.1) is 0 Å². The average molecular weight is 209 g/mol. The molecule has 0 bridgehead atoms. The van der Waals surface area contributed by atoms with Crippen molar-refractivity contribution in [3.63, 3.8) is 0 Å². The van der Waals surface area contributed by atoms with Crippen molar-refractivity contribution in [3.8, 4) is 0 Å². The van der Waals surface area contributed by atoms with Gasteiger partial charge in [0, 0.05) is 7.05 Å². The number of likely N-dealkylation sites (N-methyl/N-ethyl adjacent to an activating group) is 1. The van der Waals surface area contributed by atoms with E-state index in [0.29, 0.717) is 0 Å². The van der Waals surface area contributed by atoms with Gasteiger partial charge in [-0.3, -0.25) is 4.79 Å². The van der Waals surface area contributed by atoms with Crippen LogP contribution in [0.4, 0.5) is 0 Å². The van der Waals surface area contributed by atoms with Crippen molar-refractivity contribution >= 4 is 16.0 Å². The number of hydrogen-bond donors (Lipinski definition) is 1. The standard InChI is InChI=1S/C7H15NO4S/c1-7(2,3)13(11,12)8(4)5-6(9)10/h5H2,1-4H3,(H,9,10). The number of nitrogens with zero attached hydrogens (tertiary/aromatic N) is 1. The number of carboxylic acids is 1. The van der Waals surface area contributed by atoms with E-state index >= 15 is 0 Å². The predicted octanol–water partition coefficient (Wildman–Crippen LogP) is 0.131. The van der Waals surface area contributed by atoms with Gasteiger partial charge in [-0.1, -0.05) is 0 Å². The lowest BCUT2D eigenvalue weighted by atomic mass is 10.3. The summed E-state index contributed by atoms with van der Waals surface area (Å²) in [5.74, 6) is -1.16. The summed E-state index contributed by atoms with van der Waals surface area (Å²) >= 11 is 0. The summed E-state index contributed by atoms with van der Waals surface area (Å²) in [5, 5.41) is 8.41. The second-order valence-corrected chi connectivity index (χ2v) is 6.57.